The molecule has 0 radical (unpaired) electrons. The van der Waals surface area contributed by atoms with E-state index in [4.69, 9.17) is 0 Å². The molecule has 3 nitrogen and oxygen atoms in total. The number of nitrogens with zero attached hydrogens (tertiary/aromatic N) is 1. The van der Waals surface area contributed by atoms with Crippen LogP contribution in [-0.4, -0.2) is 47.3 Å². The molecule has 0 spiro atoms. The predicted octanol–water partition coefficient (Wildman–Crippen LogP) is 2.14. The van der Waals surface area contributed by atoms with Crippen LogP contribution < -0.4 is 5.32 Å². The van der Waals surface area contributed by atoms with E-state index in [1.54, 1.807) is 0 Å². The molecule has 0 aromatic rings. The molecular formula is C16H30N2O. The maximum Gasteiger partial charge on any atom is 0.0614 e. The molecule has 0 aromatic heterocycles. The van der Waals surface area contributed by atoms with Gasteiger partial charge < -0.3 is 15.3 Å². The van der Waals surface area contributed by atoms with Crippen molar-refractivity contribution in [1.29, 1.82) is 0 Å². The summed E-state index contributed by atoms with van der Waals surface area (Å²) in [7, 11) is 0. The molecule has 0 amide bonds. The van der Waals surface area contributed by atoms with E-state index in [9.17, 15) is 5.11 Å². The fraction of sp³-hybridized carbons (Fsp3) is 1.00. The van der Waals surface area contributed by atoms with Crippen LogP contribution in [0.2, 0.25) is 0 Å². The van der Waals surface area contributed by atoms with Gasteiger partial charge in [0.1, 0.15) is 0 Å². The van der Waals surface area contributed by atoms with Crippen LogP contribution in [0.25, 0.3) is 0 Å². The molecule has 3 saturated carbocycles. The highest BCUT2D eigenvalue weighted by Crippen LogP contribution is 2.38. The second-order valence-corrected chi connectivity index (χ2v) is 7.19. The van der Waals surface area contributed by atoms with Crippen molar-refractivity contribution in [3.8, 4) is 0 Å². The zero-order chi connectivity index (χ0) is 13.3. The third-order valence-electron chi connectivity index (χ3n) is 5.19. The minimum Gasteiger partial charge on any atom is -0.394 e. The van der Waals surface area contributed by atoms with E-state index in [1.807, 2.05) is 0 Å². The molecule has 0 aliphatic heterocycles. The highest BCUT2D eigenvalue weighted by atomic mass is 16.3. The molecule has 2 unspecified atom stereocenters. The van der Waals surface area contributed by atoms with Crippen LogP contribution in [0.3, 0.4) is 0 Å². The molecule has 0 bridgehead atoms. The monoisotopic (exact) mass is 266 g/mol. The van der Waals surface area contributed by atoms with E-state index in [0.29, 0.717) is 18.7 Å². The molecule has 0 saturated heterocycles. The average molecular weight is 266 g/mol. The predicted molar refractivity (Wildman–Crippen MR) is 78.2 cm³/mol. The second kappa shape index (κ2) is 5.71. The van der Waals surface area contributed by atoms with Crippen LogP contribution in [0.15, 0.2) is 0 Å². The lowest BCUT2D eigenvalue weighted by Crippen LogP contribution is -2.49. The fourth-order valence-corrected chi connectivity index (χ4v) is 3.73. The van der Waals surface area contributed by atoms with Crippen molar-refractivity contribution in [2.24, 2.45) is 5.92 Å². The lowest BCUT2D eigenvalue weighted by atomic mass is 9.98. The van der Waals surface area contributed by atoms with Gasteiger partial charge in [0.2, 0.25) is 0 Å². The van der Waals surface area contributed by atoms with Gasteiger partial charge in [0.05, 0.1) is 6.61 Å². The van der Waals surface area contributed by atoms with Gasteiger partial charge >= 0.3 is 0 Å². The SMILES string of the molecule is CCCN(CC1CC1)C1CCC(CO)(NC2CC2)C1. The van der Waals surface area contributed by atoms with E-state index >= 15 is 0 Å². The maximum absolute atomic E-state index is 9.84. The molecule has 0 aromatic carbocycles. The van der Waals surface area contributed by atoms with Gasteiger partial charge in [-0.2, -0.15) is 0 Å². The van der Waals surface area contributed by atoms with Gasteiger partial charge in [-0.3, -0.25) is 0 Å². The van der Waals surface area contributed by atoms with Gasteiger partial charge in [-0.25, -0.2) is 0 Å². The molecule has 110 valence electrons. The van der Waals surface area contributed by atoms with Crippen molar-refractivity contribution < 1.29 is 5.11 Å². The Bertz CT molecular complexity index is 301. The first-order valence-electron chi connectivity index (χ1n) is 8.37. The molecule has 0 heterocycles. The standard InChI is InChI=1S/C16H30N2O/c1-2-9-18(11-13-3-4-13)15-7-8-16(10-15,12-19)17-14-5-6-14/h13-15,17,19H,2-12H2,1H3. The summed E-state index contributed by atoms with van der Waals surface area (Å²) < 4.78 is 0. The van der Waals surface area contributed by atoms with Crippen LogP contribution >= 0.6 is 0 Å². The van der Waals surface area contributed by atoms with Crippen molar-refractivity contribution in [1.82, 2.24) is 10.2 Å². The summed E-state index contributed by atoms with van der Waals surface area (Å²) in [6.07, 6.45) is 10.4. The Morgan fingerprint density at radius 3 is 2.58 bits per heavy atom. The third kappa shape index (κ3) is 3.50. The molecular weight excluding hydrogens is 236 g/mol. The zero-order valence-corrected chi connectivity index (χ0v) is 12.4. The van der Waals surface area contributed by atoms with E-state index in [2.05, 4.69) is 17.1 Å². The minimum atomic E-state index is 0.0430. The summed E-state index contributed by atoms with van der Waals surface area (Å²) in [5.41, 5.74) is 0.0430. The van der Waals surface area contributed by atoms with Crippen LogP contribution in [0.5, 0.6) is 0 Å². The van der Waals surface area contributed by atoms with Gasteiger partial charge in [0.25, 0.3) is 0 Å². The Labute approximate surface area is 117 Å². The van der Waals surface area contributed by atoms with Crippen molar-refractivity contribution in [3.05, 3.63) is 0 Å². The van der Waals surface area contributed by atoms with Crippen LogP contribution in [0.1, 0.15) is 58.3 Å². The second-order valence-electron chi connectivity index (χ2n) is 7.19. The van der Waals surface area contributed by atoms with Crippen molar-refractivity contribution >= 4 is 0 Å². The zero-order valence-electron chi connectivity index (χ0n) is 12.4. The maximum atomic E-state index is 9.84. The average Bonchev–Trinajstić information content (AvgIpc) is 3.31. The Balaban J connectivity index is 1.57. The molecule has 19 heavy (non-hydrogen) atoms. The molecule has 2 atom stereocenters. The topological polar surface area (TPSA) is 35.5 Å². The first kappa shape index (κ1) is 13.8. The first-order valence-corrected chi connectivity index (χ1v) is 8.37. The van der Waals surface area contributed by atoms with Gasteiger partial charge in [0.15, 0.2) is 0 Å². The Morgan fingerprint density at radius 2 is 2.00 bits per heavy atom. The largest absolute Gasteiger partial charge is 0.394 e. The van der Waals surface area contributed by atoms with E-state index in [1.165, 1.54) is 51.6 Å². The summed E-state index contributed by atoms with van der Waals surface area (Å²) in [6, 6.07) is 1.41. The number of rotatable bonds is 8. The van der Waals surface area contributed by atoms with Gasteiger partial charge in [-0.05, 0) is 63.8 Å². The summed E-state index contributed by atoms with van der Waals surface area (Å²) in [5, 5.41) is 13.6. The summed E-state index contributed by atoms with van der Waals surface area (Å²) in [6.45, 7) is 5.16. The first-order chi connectivity index (χ1) is 9.24. The lowest BCUT2D eigenvalue weighted by Gasteiger charge is -2.32. The molecule has 3 aliphatic rings. The number of hydrogen-bond donors (Lipinski definition) is 2. The van der Waals surface area contributed by atoms with E-state index < -0.39 is 0 Å². The van der Waals surface area contributed by atoms with Crippen LogP contribution in [0, 0.1) is 5.92 Å². The van der Waals surface area contributed by atoms with Crippen LogP contribution in [0.4, 0.5) is 0 Å². The molecule has 3 rings (SSSR count). The number of hydrogen-bond acceptors (Lipinski definition) is 3. The summed E-state index contributed by atoms with van der Waals surface area (Å²) >= 11 is 0. The Kier molecular flexibility index (Phi) is 4.16. The molecule has 3 fully saturated rings. The van der Waals surface area contributed by atoms with Crippen molar-refractivity contribution in [2.75, 3.05) is 19.7 Å². The molecule has 3 aliphatic carbocycles. The van der Waals surface area contributed by atoms with Crippen LogP contribution in [-0.2, 0) is 0 Å². The third-order valence-corrected chi connectivity index (χ3v) is 5.19. The molecule has 2 N–H and O–H groups in total. The van der Waals surface area contributed by atoms with Crippen molar-refractivity contribution in [2.45, 2.75) is 75.9 Å². The Morgan fingerprint density at radius 1 is 1.21 bits per heavy atom. The number of nitrogens with one attached hydrogen (secondary N) is 1. The van der Waals surface area contributed by atoms with Crippen molar-refractivity contribution in [3.63, 3.8) is 0 Å². The van der Waals surface area contributed by atoms with E-state index in [-0.39, 0.29) is 5.54 Å². The van der Waals surface area contributed by atoms with Gasteiger partial charge in [0, 0.05) is 24.2 Å². The molecule has 3 heteroatoms. The summed E-state index contributed by atoms with van der Waals surface area (Å²) in [4.78, 5) is 2.73. The highest BCUT2D eigenvalue weighted by molar-refractivity contribution is 5.03. The van der Waals surface area contributed by atoms with Gasteiger partial charge in [-0.15, -0.1) is 0 Å². The summed E-state index contributed by atoms with van der Waals surface area (Å²) in [5.74, 6) is 0.979. The Hall–Kier alpha value is -0.120. The normalized spacial score (nSPS) is 35.2. The smallest absolute Gasteiger partial charge is 0.0614 e. The number of aliphatic hydroxyl groups excluding tert-OH is 1. The quantitative estimate of drug-likeness (QED) is 0.706. The minimum absolute atomic E-state index is 0.0430. The number of aliphatic hydroxyl groups is 1. The van der Waals surface area contributed by atoms with E-state index in [0.717, 1.165) is 18.8 Å². The van der Waals surface area contributed by atoms with Gasteiger partial charge in [-0.1, -0.05) is 6.92 Å². The highest BCUT2D eigenvalue weighted by Gasteiger charge is 2.44. The lowest BCUT2D eigenvalue weighted by molar-refractivity contribution is 0.138. The fourth-order valence-electron chi connectivity index (χ4n) is 3.73.